The molecular weight excluding hydrogens is 237 g/mol. The molecule has 90 valence electrons. The van der Waals surface area contributed by atoms with E-state index in [4.69, 9.17) is 5.73 Å². The molecule has 2 rings (SSSR count). The average Bonchev–Trinajstić information content (AvgIpc) is 2.75. The molecule has 0 saturated heterocycles. The molecule has 0 aliphatic heterocycles. The van der Waals surface area contributed by atoms with Crippen LogP contribution in [0.15, 0.2) is 34.6 Å². The average molecular weight is 251 g/mol. The second kappa shape index (κ2) is 4.89. The summed E-state index contributed by atoms with van der Waals surface area (Å²) in [7, 11) is 0. The molecule has 2 aromatic rings. The Bertz CT molecular complexity index is 509. The number of rotatable bonds is 3. The number of aryl methyl sites for hydroxylation is 1. The van der Waals surface area contributed by atoms with E-state index >= 15 is 0 Å². The van der Waals surface area contributed by atoms with Crippen molar-refractivity contribution in [2.75, 3.05) is 0 Å². The van der Waals surface area contributed by atoms with Crippen LogP contribution in [0.1, 0.15) is 24.1 Å². The van der Waals surface area contributed by atoms with E-state index in [1.807, 2.05) is 6.92 Å². The monoisotopic (exact) mass is 251 g/mol. The maximum atomic E-state index is 13.5. The standard InChI is InChI=1S/C12H14FN3S/c1-7-5-11(17-12-15-3-4-16-12)9(8(2)14)6-10(7)13/h3-6,8H,14H2,1-2H3,(H,15,16). The normalized spacial score (nSPS) is 12.7. The highest BCUT2D eigenvalue weighted by atomic mass is 32.2. The highest BCUT2D eigenvalue weighted by Crippen LogP contribution is 2.32. The van der Waals surface area contributed by atoms with Crippen molar-refractivity contribution in [2.24, 2.45) is 5.73 Å². The van der Waals surface area contributed by atoms with Crippen LogP contribution in [0.2, 0.25) is 0 Å². The third-order valence-electron chi connectivity index (χ3n) is 2.46. The van der Waals surface area contributed by atoms with Crippen LogP contribution in [-0.4, -0.2) is 9.97 Å². The summed E-state index contributed by atoms with van der Waals surface area (Å²) in [5.41, 5.74) is 7.27. The maximum absolute atomic E-state index is 13.5. The second-order valence-electron chi connectivity index (χ2n) is 3.92. The van der Waals surface area contributed by atoms with Crippen LogP contribution in [0.4, 0.5) is 4.39 Å². The molecule has 3 N–H and O–H groups in total. The summed E-state index contributed by atoms with van der Waals surface area (Å²) < 4.78 is 13.5. The molecule has 0 amide bonds. The summed E-state index contributed by atoms with van der Waals surface area (Å²) in [4.78, 5) is 8.08. The number of nitrogens with one attached hydrogen (secondary N) is 1. The minimum Gasteiger partial charge on any atom is -0.339 e. The summed E-state index contributed by atoms with van der Waals surface area (Å²) in [5, 5.41) is 0.776. The minimum atomic E-state index is -0.221. The van der Waals surface area contributed by atoms with Gasteiger partial charge in [-0.1, -0.05) is 11.8 Å². The van der Waals surface area contributed by atoms with Crippen molar-refractivity contribution in [1.82, 2.24) is 9.97 Å². The van der Waals surface area contributed by atoms with Crippen molar-refractivity contribution in [3.63, 3.8) is 0 Å². The number of aromatic amines is 1. The van der Waals surface area contributed by atoms with Gasteiger partial charge in [-0.2, -0.15) is 0 Å². The Morgan fingerprint density at radius 2 is 2.24 bits per heavy atom. The van der Waals surface area contributed by atoms with Gasteiger partial charge >= 0.3 is 0 Å². The molecule has 5 heteroatoms. The number of nitrogens with two attached hydrogens (primary N) is 1. The van der Waals surface area contributed by atoms with Gasteiger partial charge in [-0.25, -0.2) is 9.37 Å². The third-order valence-corrected chi connectivity index (χ3v) is 3.45. The van der Waals surface area contributed by atoms with Crippen molar-refractivity contribution in [2.45, 2.75) is 29.9 Å². The predicted molar refractivity (Wildman–Crippen MR) is 66.5 cm³/mol. The lowest BCUT2D eigenvalue weighted by atomic mass is 10.1. The molecule has 0 saturated carbocycles. The van der Waals surface area contributed by atoms with E-state index in [2.05, 4.69) is 9.97 Å². The quantitative estimate of drug-likeness (QED) is 0.881. The molecule has 1 aromatic carbocycles. The second-order valence-corrected chi connectivity index (χ2v) is 4.95. The topological polar surface area (TPSA) is 54.7 Å². The van der Waals surface area contributed by atoms with E-state index < -0.39 is 0 Å². The number of aromatic nitrogens is 2. The Morgan fingerprint density at radius 3 is 2.82 bits per heavy atom. The minimum absolute atomic E-state index is 0.206. The molecule has 1 heterocycles. The number of imidazole rings is 1. The van der Waals surface area contributed by atoms with Crippen molar-refractivity contribution >= 4 is 11.8 Å². The molecule has 1 unspecified atom stereocenters. The fraction of sp³-hybridized carbons (Fsp3) is 0.250. The highest BCUT2D eigenvalue weighted by molar-refractivity contribution is 7.99. The van der Waals surface area contributed by atoms with Gasteiger partial charge in [0.25, 0.3) is 0 Å². The SMILES string of the molecule is Cc1cc(Sc2ncc[nH]2)c(C(C)N)cc1F. The van der Waals surface area contributed by atoms with Gasteiger partial charge < -0.3 is 10.7 Å². The molecule has 3 nitrogen and oxygen atoms in total. The molecule has 0 aliphatic rings. The van der Waals surface area contributed by atoms with Gasteiger partial charge in [-0.05, 0) is 37.1 Å². The van der Waals surface area contributed by atoms with Crippen LogP contribution in [0.3, 0.4) is 0 Å². The van der Waals surface area contributed by atoms with Crippen molar-refractivity contribution in [3.05, 3.63) is 41.5 Å². The van der Waals surface area contributed by atoms with Crippen LogP contribution in [0.5, 0.6) is 0 Å². The summed E-state index contributed by atoms with van der Waals surface area (Å²) in [6.45, 7) is 3.59. The first-order chi connectivity index (χ1) is 8.08. The summed E-state index contributed by atoms with van der Waals surface area (Å²) in [6, 6.07) is 3.11. The van der Waals surface area contributed by atoms with Crippen molar-refractivity contribution < 1.29 is 4.39 Å². The number of benzene rings is 1. The molecule has 1 atom stereocenters. The van der Waals surface area contributed by atoms with Gasteiger partial charge in [0, 0.05) is 23.3 Å². The molecule has 0 spiro atoms. The predicted octanol–water partition coefficient (Wildman–Crippen LogP) is 3.03. The zero-order valence-electron chi connectivity index (χ0n) is 9.70. The zero-order valence-corrected chi connectivity index (χ0v) is 10.5. The van der Waals surface area contributed by atoms with Gasteiger partial charge in [-0.15, -0.1) is 0 Å². The van der Waals surface area contributed by atoms with Gasteiger partial charge in [0.1, 0.15) is 5.82 Å². The van der Waals surface area contributed by atoms with E-state index in [0.717, 1.165) is 15.6 Å². The van der Waals surface area contributed by atoms with Crippen LogP contribution >= 0.6 is 11.8 Å². The first-order valence-electron chi connectivity index (χ1n) is 5.31. The molecule has 0 radical (unpaired) electrons. The molecule has 0 fully saturated rings. The third kappa shape index (κ3) is 2.68. The first-order valence-corrected chi connectivity index (χ1v) is 6.12. The lowest BCUT2D eigenvalue weighted by Crippen LogP contribution is -2.07. The number of halogens is 1. The molecule has 0 bridgehead atoms. The van der Waals surface area contributed by atoms with Gasteiger partial charge in [0.15, 0.2) is 5.16 Å². The Hall–Kier alpha value is -1.33. The molecular formula is C12H14FN3S. The van der Waals surface area contributed by atoms with Crippen LogP contribution in [0.25, 0.3) is 0 Å². The maximum Gasteiger partial charge on any atom is 0.170 e. The summed E-state index contributed by atoms with van der Waals surface area (Å²) in [6.07, 6.45) is 3.44. The Morgan fingerprint density at radius 1 is 1.47 bits per heavy atom. The summed E-state index contributed by atoms with van der Waals surface area (Å²) in [5.74, 6) is -0.221. The van der Waals surface area contributed by atoms with E-state index in [0.29, 0.717) is 5.56 Å². The van der Waals surface area contributed by atoms with Crippen molar-refractivity contribution in [3.8, 4) is 0 Å². The Balaban J connectivity index is 2.41. The van der Waals surface area contributed by atoms with Crippen LogP contribution < -0.4 is 5.73 Å². The van der Waals surface area contributed by atoms with Crippen LogP contribution in [-0.2, 0) is 0 Å². The first kappa shape index (κ1) is 12.1. The Labute approximate surface area is 104 Å². The molecule has 1 aromatic heterocycles. The number of nitrogens with zero attached hydrogens (tertiary/aromatic N) is 1. The summed E-state index contributed by atoms with van der Waals surface area (Å²) >= 11 is 1.46. The van der Waals surface area contributed by atoms with Gasteiger partial charge in [0.2, 0.25) is 0 Å². The van der Waals surface area contributed by atoms with Gasteiger partial charge in [-0.3, -0.25) is 0 Å². The highest BCUT2D eigenvalue weighted by Gasteiger charge is 2.12. The van der Waals surface area contributed by atoms with E-state index in [1.54, 1.807) is 25.4 Å². The number of H-pyrrole nitrogens is 1. The van der Waals surface area contributed by atoms with Gasteiger partial charge in [0.05, 0.1) is 0 Å². The fourth-order valence-corrected chi connectivity index (χ4v) is 2.57. The largest absolute Gasteiger partial charge is 0.339 e. The number of hydrogen-bond acceptors (Lipinski definition) is 3. The van der Waals surface area contributed by atoms with E-state index in [1.165, 1.54) is 17.8 Å². The van der Waals surface area contributed by atoms with E-state index in [-0.39, 0.29) is 11.9 Å². The molecule has 17 heavy (non-hydrogen) atoms. The van der Waals surface area contributed by atoms with Crippen molar-refractivity contribution in [1.29, 1.82) is 0 Å². The smallest absolute Gasteiger partial charge is 0.170 e. The fourth-order valence-electron chi connectivity index (χ4n) is 1.53. The number of hydrogen-bond donors (Lipinski definition) is 2. The Kier molecular flexibility index (Phi) is 3.49. The van der Waals surface area contributed by atoms with E-state index in [9.17, 15) is 4.39 Å². The lowest BCUT2D eigenvalue weighted by Gasteiger charge is -2.13. The van der Waals surface area contributed by atoms with Crippen LogP contribution in [0, 0.1) is 12.7 Å². The lowest BCUT2D eigenvalue weighted by molar-refractivity contribution is 0.610. The molecule has 0 aliphatic carbocycles. The zero-order chi connectivity index (χ0) is 12.4.